The zero-order valence-corrected chi connectivity index (χ0v) is 32.0. The lowest BCUT2D eigenvalue weighted by molar-refractivity contribution is 0.761. The van der Waals surface area contributed by atoms with Crippen LogP contribution in [0.5, 0.6) is 0 Å². The van der Waals surface area contributed by atoms with E-state index in [-0.39, 0.29) is 6.04 Å². The SMILES string of the molecule is C1=CC(c2ccc3c(-c4ccc5ccccc5c4)c4ccccc4c(-c4ccc5ccccc5c4)c3c2)NC(c2ccc(-n3c4ccccc4c4cnccc43)cn2)=C1. The van der Waals surface area contributed by atoms with Crippen molar-refractivity contribution in [2.75, 3.05) is 0 Å². The first-order valence-electron chi connectivity index (χ1n) is 20.2. The van der Waals surface area contributed by atoms with E-state index in [1.165, 1.54) is 76.3 Å². The lowest BCUT2D eigenvalue weighted by Crippen LogP contribution is -2.21. The fourth-order valence-corrected chi connectivity index (χ4v) is 9.35. The van der Waals surface area contributed by atoms with Gasteiger partial charge < -0.3 is 9.88 Å². The van der Waals surface area contributed by atoms with Crippen LogP contribution in [-0.2, 0) is 0 Å². The van der Waals surface area contributed by atoms with Crippen LogP contribution >= 0.6 is 0 Å². The Hall–Kier alpha value is -7.82. The van der Waals surface area contributed by atoms with Crippen LogP contribution in [0.25, 0.3) is 98.5 Å². The molecule has 11 aromatic rings. The molecule has 0 saturated heterocycles. The fraction of sp³-hybridized carbons (Fsp3) is 0.0182. The number of nitrogens with zero attached hydrogens (tertiary/aromatic N) is 3. The van der Waals surface area contributed by atoms with Gasteiger partial charge in [0.1, 0.15) is 0 Å². The van der Waals surface area contributed by atoms with E-state index >= 15 is 0 Å². The zero-order valence-electron chi connectivity index (χ0n) is 32.0. The highest BCUT2D eigenvalue weighted by atomic mass is 15.0. The van der Waals surface area contributed by atoms with E-state index in [9.17, 15) is 0 Å². The summed E-state index contributed by atoms with van der Waals surface area (Å²) in [5.41, 5.74) is 11.3. The van der Waals surface area contributed by atoms with Gasteiger partial charge in [0.2, 0.25) is 0 Å². The van der Waals surface area contributed by atoms with E-state index < -0.39 is 0 Å². The zero-order chi connectivity index (χ0) is 38.9. The highest BCUT2D eigenvalue weighted by Gasteiger charge is 2.21. The number of hydrogen-bond donors (Lipinski definition) is 1. The first-order valence-corrected chi connectivity index (χ1v) is 20.2. The lowest BCUT2D eigenvalue weighted by Gasteiger charge is -2.24. The van der Waals surface area contributed by atoms with Gasteiger partial charge in [0, 0.05) is 23.2 Å². The van der Waals surface area contributed by atoms with Crippen molar-refractivity contribution in [3.8, 4) is 27.9 Å². The molecular formula is C55H36N4. The maximum Gasteiger partial charge on any atom is 0.0862 e. The molecule has 1 atom stereocenters. The predicted molar refractivity (Wildman–Crippen MR) is 247 cm³/mol. The Labute approximate surface area is 341 Å². The normalized spacial score (nSPS) is 14.1. The first-order chi connectivity index (χ1) is 29.2. The molecule has 4 heteroatoms. The standard InChI is InChI=1S/C55H36N4/c1-3-12-37-30-40(22-20-35(37)10-1)54-44-15-5-6-16-45(44)55(41-23-21-36-11-2-4-13-38(36)31-41)47-32-39(24-26-46(47)54)49-17-9-18-51(58-49)50-27-25-42(33-57-50)59-52-19-8-7-14-43(52)48-34-56-29-28-53(48)59/h1-34,49,58H. The molecule has 0 aliphatic carbocycles. The minimum Gasteiger partial charge on any atom is -0.373 e. The molecule has 0 amide bonds. The van der Waals surface area contributed by atoms with Crippen LogP contribution in [0.15, 0.2) is 207 Å². The van der Waals surface area contributed by atoms with Crippen LogP contribution < -0.4 is 5.32 Å². The average molecular weight is 753 g/mol. The monoisotopic (exact) mass is 752 g/mol. The molecule has 1 N–H and O–H groups in total. The molecule has 1 aliphatic rings. The lowest BCUT2D eigenvalue weighted by atomic mass is 9.84. The van der Waals surface area contributed by atoms with E-state index in [2.05, 4.69) is 203 Å². The summed E-state index contributed by atoms with van der Waals surface area (Å²) in [6.45, 7) is 0. The molecule has 4 nitrogen and oxygen atoms in total. The Morgan fingerprint density at radius 3 is 1.81 bits per heavy atom. The van der Waals surface area contributed by atoms with Gasteiger partial charge in [0.05, 0.1) is 40.4 Å². The molecule has 0 spiro atoms. The molecule has 8 aromatic carbocycles. The van der Waals surface area contributed by atoms with Crippen LogP contribution in [0.1, 0.15) is 17.3 Å². The molecule has 0 saturated carbocycles. The van der Waals surface area contributed by atoms with Crippen molar-refractivity contribution in [2.24, 2.45) is 0 Å². The van der Waals surface area contributed by atoms with E-state index in [0.717, 1.165) is 33.5 Å². The van der Waals surface area contributed by atoms with E-state index in [0.29, 0.717) is 0 Å². The Balaban J connectivity index is 0.979. The minimum atomic E-state index is -0.0502. The Bertz CT molecular complexity index is 3480. The number of para-hydroxylation sites is 1. The molecular weight excluding hydrogens is 717 g/mol. The van der Waals surface area contributed by atoms with Gasteiger partial charge in [0.15, 0.2) is 0 Å². The van der Waals surface area contributed by atoms with Gasteiger partial charge in [-0.3, -0.25) is 9.97 Å². The summed E-state index contributed by atoms with van der Waals surface area (Å²) in [7, 11) is 0. The summed E-state index contributed by atoms with van der Waals surface area (Å²) in [6.07, 6.45) is 12.3. The Morgan fingerprint density at radius 2 is 1.10 bits per heavy atom. The number of dihydropyridines is 1. The van der Waals surface area contributed by atoms with E-state index in [1.807, 2.05) is 18.6 Å². The second kappa shape index (κ2) is 13.4. The molecule has 59 heavy (non-hydrogen) atoms. The number of aromatic nitrogens is 3. The van der Waals surface area contributed by atoms with Crippen LogP contribution in [0.4, 0.5) is 0 Å². The number of hydrogen-bond acceptors (Lipinski definition) is 3. The number of benzene rings is 8. The van der Waals surface area contributed by atoms with Crippen LogP contribution in [0.2, 0.25) is 0 Å². The number of fused-ring (bicyclic) bond motifs is 7. The second-order valence-electron chi connectivity index (χ2n) is 15.5. The van der Waals surface area contributed by atoms with Crippen molar-refractivity contribution in [2.45, 2.75) is 6.04 Å². The third-order valence-corrected chi connectivity index (χ3v) is 12.1. The van der Waals surface area contributed by atoms with Gasteiger partial charge in [-0.25, -0.2) is 0 Å². The maximum atomic E-state index is 5.03. The van der Waals surface area contributed by atoms with Crippen LogP contribution in [0, 0.1) is 0 Å². The summed E-state index contributed by atoms with van der Waals surface area (Å²) < 4.78 is 2.27. The number of rotatable bonds is 5. The van der Waals surface area contributed by atoms with Gasteiger partial charge in [-0.15, -0.1) is 0 Å². The van der Waals surface area contributed by atoms with Crippen LogP contribution in [0.3, 0.4) is 0 Å². The van der Waals surface area contributed by atoms with Gasteiger partial charge in [-0.1, -0.05) is 140 Å². The first kappa shape index (κ1) is 33.3. The minimum absolute atomic E-state index is 0.0502. The van der Waals surface area contributed by atoms with Crippen molar-refractivity contribution >= 4 is 70.6 Å². The van der Waals surface area contributed by atoms with Gasteiger partial charge >= 0.3 is 0 Å². The van der Waals surface area contributed by atoms with Crippen molar-refractivity contribution in [1.82, 2.24) is 19.9 Å². The van der Waals surface area contributed by atoms with Gasteiger partial charge in [-0.05, 0) is 119 Å². The third kappa shape index (κ3) is 5.45. The van der Waals surface area contributed by atoms with Crippen molar-refractivity contribution < 1.29 is 0 Å². The molecule has 276 valence electrons. The molecule has 0 bridgehead atoms. The van der Waals surface area contributed by atoms with Crippen molar-refractivity contribution in [1.29, 1.82) is 0 Å². The second-order valence-corrected chi connectivity index (χ2v) is 15.5. The van der Waals surface area contributed by atoms with Crippen molar-refractivity contribution in [3.63, 3.8) is 0 Å². The molecule has 1 aliphatic heterocycles. The van der Waals surface area contributed by atoms with Gasteiger partial charge in [0.25, 0.3) is 0 Å². The highest BCUT2D eigenvalue weighted by molar-refractivity contribution is 6.22. The molecule has 0 radical (unpaired) electrons. The quantitative estimate of drug-likeness (QED) is 0.178. The Morgan fingerprint density at radius 1 is 0.475 bits per heavy atom. The summed E-state index contributed by atoms with van der Waals surface area (Å²) in [4.78, 5) is 9.44. The number of nitrogens with one attached hydrogen (secondary N) is 1. The topological polar surface area (TPSA) is 42.7 Å². The summed E-state index contributed by atoms with van der Waals surface area (Å²) >= 11 is 0. The summed E-state index contributed by atoms with van der Waals surface area (Å²) in [6, 6.07) is 61.8. The average Bonchev–Trinajstić information content (AvgIpc) is 3.65. The van der Waals surface area contributed by atoms with E-state index in [1.54, 1.807) is 0 Å². The van der Waals surface area contributed by atoms with Crippen molar-refractivity contribution in [3.05, 3.63) is 218 Å². The molecule has 12 rings (SSSR count). The predicted octanol–water partition coefficient (Wildman–Crippen LogP) is 13.8. The maximum absolute atomic E-state index is 5.03. The smallest absolute Gasteiger partial charge is 0.0862 e. The summed E-state index contributed by atoms with van der Waals surface area (Å²) in [5.74, 6) is 0. The largest absolute Gasteiger partial charge is 0.373 e. The van der Waals surface area contributed by atoms with Gasteiger partial charge in [-0.2, -0.15) is 0 Å². The molecule has 0 fully saturated rings. The molecule has 1 unspecified atom stereocenters. The molecule has 4 heterocycles. The van der Waals surface area contributed by atoms with Crippen LogP contribution in [-0.4, -0.2) is 14.5 Å². The highest BCUT2D eigenvalue weighted by Crippen LogP contribution is 2.45. The fourth-order valence-electron chi connectivity index (χ4n) is 9.35. The van der Waals surface area contributed by atoms with E-state index in [4.69, 9.17) is 4.98 Å². The third-order valence-electron chi connectivity index (χ3n) is 12.1. The molecule has 3 aromatic heterocycles. The number of allylic oxidation sites excluding steroid dienone is 2. The number of pyridine rings is 2. The Kier molecular flexibility index (Phi) is 7.57. The summed E-state index contributed by atoms with van der Waals surface area (Å²) in [5, 5.41) is 16.1.